The summed E-state index contributed by atoms with van der Waals surface area (Å²) in [6, 6.07) is 36.8. The van der Waals surface area contributed by atoms with Crippen molar-refractivity contribution in [1.29, 1.82) is 0 Å². The Morgan fingerprint density at radius 3 is 2.36 bits per heavy atom. The molecule has 50 heavy (non-hydrogen) atoms. The number of aliphatic imine (C=N–C) groups is 1. The summed E-state index contributed by atoms with van der Waals surface area (Å²) in [7, 11) is 0. The Labute approximate surface area is 288 Å². The highest BCUT2D eigenvalue weighted by molar-refractivity contribution is 6.21. The second-order valence-corrected chi connectivity index (χ2v) is 11.8. The van der Waals surface area contributed by atoms with E-state index in [9.17, 15) is 14.7 Å². The van der Waals surface area contributed by atoms with Crippen LogP contribution in [0.1, 0.15) is 52.0 Å². The van der Waals surface area contributed by atoms with Gasteiger partial charge in [-0.1, -0.05) is 85.8 Å². The highest BCUT2D eigenvalue weighted by Gasteiger charge is 2.21. The van der Waals surface area contributed by atoms with Gasteiger partial charge in [0.2, 0.25) is 6.79 Å². The van der Waals surface area contributed by atoms with Crippen molar-refractivity contribution in [1.82, 2.24) is 10.3 Å². The molecule has 2 heterocycles. The molecule has 0 saturated heterocycles. The van der Waals surface area contributed by atoms with Crippen LogP contribution >= 0.6 is 0 Å². The maximum Gasteiger partial charge on any atom is 0.323 e. The van der Waals surface area contributed by atoms with E-state index in [1.807, 2.05) is 85.8 Å². The molecule has 0 bridgehead atoms. The van der Waals surface area contributed by atoms with Gasteiger partial charge in [-0.2, -0.15) is 0 Å². The Hall–Kier alpha value is -6.55. The second-order valence-electron chi connectivity index (χ2n) is 11.8. The lowest BCUT2D eigenvalue weighted by Gasteiger charge is -2.17. The number of amides is 3. The van der Waals surface area contributed by atoms with Gasteiger partial charge in [0, 0.05) is 39.5 Å². The van der Waals surface area contributed by atoms with Gasteiger partial charge in [-0.3, -0.25) is 9.79 Å². The topological polar surface area (TPSA) is 137 Å². The molecular weight excluding hydrogens is 630 g/mol. The van der Waals surface area contributed by atoms with Gasteiger partial charge in [-0.15, -0.1) is 0 Å². The SMILES string of the molecule is CC[C@@H](NC(=O)c1ccc2[nH]c(O)c(C(=NCc3ccccc3NC(=O)Nc3ccc4c(c3)OCO4)c3ccccc3)c2c1)c1ccccc1. The minimum atomic E-state index is -0.429. The molecule has 0 unspecified atom stereocenters. The van der Waals surface area contributed by atoms with E-state index in [0.29, 0.717) is 50.6 Å². The smallest absolute Gasteiger partial charge is 0.323 e. The average Bonchev–Trinajstić information content (AvgIpc) is 3.75. The van der Waals surface area contributed by atoms with Crippen LogP contribution in [0.15, 0.2) is 126 Å². The van der Waals surface area contributed by atoms with E-state index in [4.69, 9.17) is 14.5 Å². The van der Waals surface area contributed by atoms with Crippen LogP contribution in [0.25, 0.3) is 10.9 Å². The third-order valence-corrected chi connectivity index (χ3v) is 8.54. The molecule has 1 aliphatic rings. The lowest BCUT2D eigenvalue weighted by Crippen LogP contribution is -2.28. The summed E-state index contributed by atoms with van der Waals surface area (Å²) in [5, 5.41) is 20.8. The van der Waals surface area contributed by atoms with Crippen molar-refractivity contribution in [3.63, 3.8) is 0 Å². The van der Waals surface area contributed by atoms with E-state index in [1.165, 1.54) is 0 Å². The number of urea groups is 1. The number of rotatable bonds is 10. The van der Waals surface area contributed by atoms with E-state index < -0.39 is 6.03 Å². The van der Waals surface area contributed by atoms with E-state index in [-0.39, 0.29) is 31.2 Å². The molecular formula is C40H35N5O5. The first-order chi connectivity index (χ1) is 24.5. The van der Waals surface area contributed by atoms with Crippen molar-refractivity contribution in [2.45, 2.75) is 25.9 Å². The van der Waals surface area contributed by atoms with Crippen LogP contribution in [0.4, 0.5) is 16.2 Å². The number of H-pyrrole nitrogens is 1. The minimum Gasteiger partial charge on any atom is -0.494 e. The van der Waals surface area contributed by atoms with E-state index >= 15 is 0 Å². The number of carbonyl (C=O) groups is 2. The molecule has 7 rings (SSSR count). The fourth-order valence-corrected chi connectivity index (χ4v) is 6.02. The monoisotopic (exact) mass is 665 g/mol. The zero-order valence-corrected chi connectivity index (χ0v) is 27.3. The van der Waals surface area contributed by atoms with E-state index in [0.717, 1.165) is 23.1 Å². The number of anilines is 2. The number of fused-ring (bicyclic) bond motifs is 2. The van der Waals surface area contributed by atoms with Crippen LogP contribution < -0.4 is 25.4 Å². The number of nitrogens with one attached hydrogen (secondary N) is 4. The van der Waals surface area contributed by atoms with Gasteiger partial charge in [-0.05, 0) is 53.9 Å². The Bertz CT molecular complexity index is 2200. The normalized spacial score (nSPS) is 12.8. The number of ether oxygens (including phenoxy) is 2. The average molecular weight is 666 g/mol. The standard InChI is InChI=1S/C40H35N5O5/c1-2-31(25-11-5-3-6-12-25)43-38(46)27-17-19-33-30(21-27)36(39(47)44-33)37(26-13-7-4-8-14-26)41-23-28-15-9-10-16-32(28)45-40(48)42-29-18-20-34-35(22-29)50-24-49-34/h3-22,31,44,47H,2,23-24H2,1H3,(H,43,46)(H2,42,45,48)/t31-/m1/s1. The maximum absolute atomic E-state index is 13.5. The van der Waals surface area contributed by atoms with Crippen molar-refractivity contribution < 1.29 is 24.2 Å². The van der Waals surface area contributed by atoms with Gasteiger partial charge in [-0.25, -0.2) is 4.79 Å². The molecule has 0 fully saturated rings. The van der Waals surface area contributed by atoms with Gasteiger partial charge >= 0.3 is 6.03 Å². The first kappa shape index (κ1) is 32.0. The van der Waals surface area contributed by atoms with Crippen LogP contribution in [0, 0.1) is 0 Å². The van der Waals surface area contributed by atoms with Crippen LogP contribution in [-0.2, 0) is 6.54 Å². The molecule has 0 radical (unpaired) electrons. The Balaban J connectivity index is 1.18. The molecule has 1 atom stereocenters. The molecule has 5 aromatic carbocycles. The highest BCUT2D eigenvalue weighted by atomic mass is 16.7. The Kier molecular flexibility index (Phi) is 9.15. The second kappa shape index (κ2) is 14.3. The molecule has 1 aliphatic heterocycles. The third kappa shape index (κ3) is 6.86. The molecule has 3 amide bonds. The number of carbonyl (C=O) groups excluding carboxylic acids is 2. The molecule has 0 saturated carbocycles. The fourth-order valence-electron chi connectivity index (χ4n) is 6.02. The summed E-state index contributed by atoms with van der Waals surface area (Å²) < 4.78 is 10.8. The predicted molar refractivity (Wildman–Crippen MR) is 194 cm³/mol. The van der Waals surface area contributed by atoms with Crippen molar-refractivity contribution in [3.8, 4) is 17.4 Å². The molecule has 1 aromatic heterocycles. The van der Waals surface area contributed by atoms with Gasteiger partial charge in [0.1, 0.15) is 0 Å². The molecule has 10 heteroatoms. The van der Waals surface area contributed by atoms with Crippen molar-refractivity contribution in [2.24, 2.45) is 4.99 Å². The lowest BCUT2D eigenvalue weighted by atomic mass is 9.99. The van der Waals surface area contributed by atoms with Crippen LogP contribution in [0.5, 0.6) is 17.4 Å². The number of aromatic nitrogens is 1. The first-order valence-corrected chi connectivity index (χ1v) is 16.3. The maximum atomic E-state index is 13.5. The van der Waals surface area contributed by atoms with Gasteiger partial charge in [0.05, 0.1) is 23.9 Å². The lowest BCUT2D eigenvalue weighted by molar-refractivity contribution is 0.0935. The zero-order valence-electron chi connectivity index (χ0n) is 27.3. The summed E-state index contributed by atoms with van der Waals surface area (Å²) in [4.78, 5) is 34.6. The Morgan fingerprint density at radius 2 is 1.56 bits per heavy atom. The summed E-state index contributed by atoms with van der Waals surface area (Å²) in [6.45, 7) is 2.36. The minimum absolute atomic E-state index is 0.0644. The highest BCUT2D eigenvalue weighted by Crippen LogP contribution is 2.35. The number of hydrogen-bond donors (Lipinski definition) is 5. The van der Waals surface area contributed by atoms with E-state index in [2.05, 4.69) is 20.9 Å². The molecule has 0 aliphatic carbocycles. The summed E-state index contributed by atoms with van der Waals surface area (Å²) in [6.07, 6.45) is 0.732. The largest absolute Gasteiger partial charge is 0.494 e. The predicted octanol–water partition coefficient (Wildman–Crippen LogP) is 8.16. The van der Waals surface area contributed by atoms with Gasteiger partial charge in [0.25, 0.3) is 5.91 Å². The molecule has 250 valence electrons. The van der Waals surface area contributed by atoms with Crippen molar-refractivity contribution in [2.75, 3.05) is 17.4 Å². The number of benzene rings is 5. The number of aromatic hydroxyl groups is 1. The van der Waals surface area contributed by atoms with Crippen molar-refractivity contribution in [3.05, 3.63) is 149 Å². The van der Waals surface area contributed by atoms with Crippen LogP contribution in [0.3, 0.4) is 0 Å². The zero-order chi connectivity index (χ0) is 34.5. The summed E-state index contributed by atoms with van der Waals surface area (Å²) >= 11 is 0. The molecule has 6 aromatic rings. The summed E-state index contributed by atoms with van der Waals surface area (Å²) in [5.74, 6) is 0.913. The number of aromatic amines is 1. The Morgan fingerprint density at radius 1 is 0.820 bits per heavy atom. The van der Waals surface area contributed by atoms with Crippen LogP contribution in [0.2, 0.25) is 0 Å². The van der Waals surface area contributed by atoms with Crippen molar-refractivity contribution >= 4 is 39.9 Å². The van der Waals surface area contributed by atoms with Gasteiger partial charge in [0.15, 0.2) is 17.4 Å². The summed E-state index contributed by atoms with van der Waals surface area (Å²) in [5.41, 5.74) is 5.83. The number of hydrogen-bond acceptors (Lipinski definition) is 6. The molecule has 10 nitrogen and oxygen atoms in total. The van der Waals surface area contributed by atoms with E-state index in [1.54, 1.807) is 42.5 Å². The number of para-hydroxylation sites is 1. The quantitative estimate of drug-likeness (QED) is 0.0941. The molecule has 5 N–H and O–H groups in total. The third-order valence-electron chi connectivity index (χ3n) is 8.54. The van der Waals surface area contributed by atoms with Crippen LogP contribution in [-0.4, -0.2) is 34.5 Å². The first-order valence-electron chi connectivity index (χ1n) is 16.3. The fraction of sp³-hybridized carbons (Fsp3) is 0.125. The molecule has 0 spiro atoms. The number of nitrogens with zero attached hydrogens (tertiary/aromatic N) is 1. The van der Waals surface area contributed by atoms with Gasteiger partial charge < -0.3 is 35.5 Å².